The molecule has 0 fully saturated rings. The highest BCUT2D eigenvalue weighted by Gasteiger charge is 2.43. The molecule has 0 aliphatic heterocycles. The van der Waals surface area contributed by atoms with Crippen molar-refractivity contribution in [1.29, 1.82) is 0 Å². The number of carbonyl (C=O) groups is 2. The summed E-state index contributed by atoms with van der Waals surface area (Å²) >= 11 is 7.87. The van der Waals surface area contributed by atoms with Crippen molar-refractivity contribution in [2.75, 3.05) is 0 Å². The number of carbonyl (C=O) groups excluding carboxylic acids is 2. The average Bonchev–Trinajstić information content (AvgIpc) is 2.69. The van der Waals surface area contributed by atoms with Crippen molar-refractivity contribution >= 4 is 73.9 Å². The topological polar surface area (TPSA) is 69.7 Å². The van der Waals surface area contributed by atoms with Crippen molar-refractivity contribution in [2.24, 2.45) is 0 Å². The lowest BCUT2D eigenvalue weighted by atomic mass is 10.1. The molecule has 0 aliphatic rings. The van der Waals surface area contributed by atoms with Crippen LogP contribution in [0.2, 0.25) is 0 Å². The van der Waals surface area contributed by atoms with Crippen LogP contribution in [0, 0.1) is 0 Å². The Labute approximate surface area is 218 Å². The van der Waals surface area contributed by atoms with E-state index in [1.54, 1.807) is 0 Å². The van der Waals surface area contributed by atoms with Gasteiger partial charge in [0.05, 0.1) is 11.1 Å². The Kier molecular flexibility index (Phi) is 10.9. The fourth-order valence-electron chi connectivity index (χ4n) is 2.48. The molecule has 186 valence electrons. The molecule has 2 aromatic carbocycles. The SMILES string of the molecule is CC(=O)SCc1ccc(C(F)(F)O[PH](=O)OC(F)(F)c2ccc(CSC(C)=O)cc2Br)c(Br)c1. The molecular weight excluding hydrogens is 651 g/mol. The van der Waals surface area contributed by atoms with Gasteiger partial charge in [-0.05, 0) is 35.4 Å². The van der Waals surface area contributed by atoms with Crippen LogP contribution in [0.25, 0.3) is 0 Å². The summed E-state index contributed by atoms with van der Waals surface area (Å²) < 4.78 is 78.0. The van der Waals surface area contributed by atoms with Gasteiger partial charge in [0.2, 0.25) is 0 Å². The lowest BCUT2D eigenvalue weighted by Gasteiger charge is -2.22. The number of rotatable bonds is 10. The molecule has 0 aliphatic carbocycles. The summed E-state index contributed by atoms with van der Waals surface area (Å²) in [5, 5.41) is -0.302. The van der Waals surface area contributed by atoms with E-state index in [0.717, 1.165) is 35.7 Å². The second-order valence-electron chi connectivity index (χ2n) is 6.68. The summed E-state index contributed by atoms with van der Waals surface area (Å²) in [6.07, 6.45) is -8.41. The van der Waals surface area contributed by atoms with Crippen LogP contribution in [0.4, 0.5) is 17.6 Å². The molecule has 5 nitrogen and oxygen atoms in total. The number of alkyl halides is 4. The van der Waals surface area contributed by atoms with Gasteiger partial charge in [-0.3, -0.25) is 14.2 Å². The minimum atomic E-state index is -4.38. The number of benzene rings is 2. The van der Waals surface area contributed by atoms with Gasteiger partial charge in [-0.2, -0.15) is 17.6 Å². The second-order valence-corrected chi connectivity index (χ2v) is 11.6. The van der Waals surface area contributed by atoms with Gasteiger partial charge in [-0.15, -0.1) is 0 Å². The first-order valence-electron chi connectivity index (χ1n) is 9.23. The van der Waals surface area contributed by atoms with E-state index in [2.05, 4.69) is 40.9 Å². The molecule has 0 heterocycles. The normalized spacial score (nSPS) is 12.3. The third kappa shape index (κ3) is 8.76. The third-order valence-electron chi connectivity index (χ3n) is 4.00. The largest absolute Gasteiger partial charge is 0.390 e. The van der Waals surface area contributed by atoms with Gasteiger partial charge in [0.15, 0.2) is 10.2 Å². The number of thioether (sulfide) groups is 2. The van der Waals surface area contributed by atoms with E-state index >= 15 is 0 Å². The van der Waals surface area contributed by atoms with Crippen LogP contribution in [0.5, 0.6) is 0 Å². The Bertz CT molecular complexity index is 1020. The first kappa shape index (κ1) is 29.5. The molecule has 2 aromatic rings. The van der Waals surface area contributed by atoms with E-state index in [9.17, 15) is 31.7 Å². The predicted molar refractivity (Wildman–Crippen MR) is 131 cm³/mol. The zero-order chi connectivity index (χ0) is 25.7. The van der Waals surface area contributed by atoms with Crippen LogP contribution >= 0.6 is 63.6 Å². The molecule has 0 bridgehead atoms. The van der Waals surface area contributed by atoms with E-state index in [1.165, 1.54) is 38.1 Å². The number of hydrogen-bond donors (Lipinski definition) is 0. The van der Waals surface area contributed by atoms with Crippen molar-refractivity contribution in [3.8, 4) is 0 Å². The van der Waals surface area contributed by atoms with Crippen molar-refractivity contribution in [3.05, 3.63) is 67.6 Å². The maximum absolute atomic E-state index is 14.5. The third-order valence-corrected chi connectivity index (χ3v) is 7.93. The van der Waals surface area contributed by atoms with Gasteiger partial charge >= 0.3 is 20.5 Å². The lowest BCUT2D eigenvalue weighted by molar-refractivity contribution is -0.221. The molecule has 0 saturated carbocycles. The van der Waals surface area contributed by atoms with E-state index in [1.807, 2.05) is 0 Å². The summed E-state index contributed by atoms with van der Waals surface area (Å²) in [4.78, 5) is 22.1. The molecule has 34 heavy (non-hydrogen) atoms. The maximum Gasteiger partial charge on any atom is 0.390 e. The quantitative estimate of drug-likeness (QED) is 0.188. The fraction of sp³-hybridized carbons (Fsp3) is 0.300. The maximum atomic E-state index is 14.5. The van der Waals surface area contributed by atoms with Crippen LogP contribution in [0.15, 0.2) is 45.3 Å². The smallest absolute Gasteiger partial charge is 0.288 e. The molecule has 0 saturated heterocycles. The van der Waals surface area contributed by atoms with Crippen LogP contribution in [-0.2, 0) is 46.9 Å². The summed E-state index contributed by atoms with van der Waals surface area (Å²) in [6.45, 7) is 2.73. The van der Waals surface area contributed by atoms with Crippen LogP contribution in [0.1, 0.15) is 36.1 Å². The summed E-state index contributed by atoms with van der Waals surface area (Å²) in [6, 6.07) is 7.20. The van der Waals surface area contributed by atoms with Crippen molar-refractivity contribution in [2.45, 2.75) is 37.6 Å². The highest BCUT2D eigenvalue weighted by Crippen LogP contribution is 2.48. The van der Waals surface area contributed by atoms with Crippen molar-refractivity contribution < 1.29 is 40.8 Å². The minimum Gasteiger partial charge on any atom is -0.288 e. The molecule has 0 amide bonds. The van der Waals surface area contributed by atoms with Gasteiger partial charge in [0.1, 0.15) is 0 Å². The summed E-state index contributed by atoms with van der Waals surface area (Å²) in [5.41, 5.74) is -0.389. The van der Waals surface area contributed by atoms with Crippen molar-refractivity contribution in [3.63, 3.8) is 0 Å². The molecule has 2 rings (SSSR count). The Morgan fingerprint density at radius 3 is 1.47 bits per heavy atom. The second kappa shape index (κ2) is 12.5. The zero-order valence-corrected chi connectivity index (χ0v) is 23.3. The number of halogens is 6. The van der Waals surface area contributed by atoms with Crippen LogP contribution < -0.4 is 0 Å². The van der Waals surface area contributed by atoms with Gasteiger partial charge in [-0.1, -0.05) is 67.5 Å². The van der Waals surface area contributed by atoms with Crippen LogP contribution in [0.3, 0.4) is 0 Å². The first-order chi connectivity index (χ1) is 15.7. The molecule has 0 spiro atoms. The Hall–Kier alpha value is -0.690. The van der Waals surface area contributed by atoms with E-state index in [-0.39, 0.29) is 30.7 Å². The van der Waals surface area contributed by atoms with Crippen LogP contribution in [-0.4, -0.2) is 10.2 Å². The first-order valence-corrected chi connectivity index (χ1v) is 14.0. The Balaban J connectivity index is 2.11. The Morgan fingerprint density at radius 1 is 0.824 bits per heavy atom. The molecule has 0 atom stereocenters. The lowest BCUT2D eigenvalue weighted by Crippen LogP contribution is -2.20. The summed E-state index contributed by atoms with van der Waals surface area (Å²) in [5.74, 6) is 0.487. The van der Waals surface area contributed by atoms with Gasteiger partial charge < -0.3 is 0 Å². The predicted octanol–water partition coefficient (Wildman–Crippen LogP) is 7.99. The molecule has 0 aromatic heterocycles. The fourth-order valence-corrected chi connectivity index (χ4v) is 5.57. The monoisotopic (exact) mass is 666 g/mol. The standard InChI is InChI=1S/C20H17Br2F4O5PS2/c1-11(27)33-9-13-3-5-15(17(21)7-13)19(23,24)30-32(29)31-20(25,26)16-6-4-14(8-18(16)22)10-34-12(2)28/h3-8,32H,9-10H2,1-2H3. The zero-order valence-electron chi connectivity index (χ0n) is 17.5. The molecule has 0 unspecified atom stereocenters. The van der Waals surface area contributed by atoms with E-state index in [4.69, 9.17) is 0 Å². The van der Waals surface area contributed by atoms with Gasteiger partial charge in [0, 0.05) is 34.3 Å². The minimum absolute atomic E-state index is 0.123. The highest BCUT2D eigenvalue weighted by molar-refractivity contribution is 9.10. The van der Waals surface area contributed by atoms with Gasteiger partial charge in [0.25, 0.3) is 0 Å². The highest BCUT2D eigenvalue weighted by atomic mass is 79.9. The van der Waals surface area contributed by atoms with Crippen molar-refractivity contribution in [1.82, 2.24) is 0 Å². The Morgan fingerprint density at radius 2 is 1.18 bits per heavy atom. The molecule has 14 heteroatoms. The number of hydrogen-bond acceptors (Lipinski definition) is 7. The van der Waals surface area contributed by atoms with Gasteiger partial charge in [-0.25, -0.2) is 9.05 Å². The van der Waals surface area contributed by atoms with E-state index < -0.39 is 31.6 Å². The molecular formula is C20H17Br2F4O5PS2. The molecule has 0 radical (unpaired) electrons. The average molecular weight is 668 g/mol. The summed E-state index contributed by atoms with van der Waals surface area (Å²) in [7, 11) is -4.38. The molecule has 0 N–H and O–H groups in total. The van der Waals surface area contributed by atoms with E-state index in [0.29, 0.717) is 11.1 Å².